The molecule has 0 saturated carbocycles. The summed E-state index contributed by atoms with van der Waals surface area (Å²) in [7, 11) is 0. The summed E-state index contributed by atoms with van der Waals surface area (Å²) in [4.78, 5) is 19.9. The molecule has 0 atom stereocenters. The normalized spacial score (nSPS) is 11.3. The number of nitro groups is 2. The third-order valence-corrected chi connectivity index (χ3v) is 3.36. The van der Waals surface area contributed by atoms with Crippen LogP contribution in [0.25, 0.3) is 11.1 Å². The van der Waals surface area contributed by atoms with Gasteiger partial charge in [-0.1, -0.05) is 29.8 Å². The Hall–Kier alpha value is -2.68. The molecule has 0 radical (unpaired) electrons. The third-order valence-electron chi connectivity index (χ3n) is 2.97. The maximum atomic E-state index is 13.0. The van der Waals surface area contributed by atoms with Gasteiger partial charge in [0.1, 0.15) is 0 Å². The molecule has 0 aromatic heterocycles. The standard InChI is InChI=1S/C13H6ClF3N2O4/c14-12-10(18(20)21)5-7(6-11(12)19(22)23)8-3-1-2-4-9(8)13(15,16)17/h1-6H. The van der Waals surface area contributed by atoms with E-state index in [-0.39, 0.29) is 5.56 Å². The molecule has 2 rings (SSSR count). The quantitative estimate of drug-likeness (QED) is 0.587. The van der Waals surface area contributed by atoms with E-state index in [0.717, 1.165) is 30.3 Å². The van der Waals surface area contributed by atoms with Crippen molar-refractivity contribution in [3.05, 3.63) is 67.2 Å². The molecule has 0 aliphatic rings. The van der Waals surface area contributed by atoms with E-state index in [9.17, 15) is 33.4 Å². The maximum absolute atomic E-state index is 13.0. The molecule has 0 aliphatic heterocycles. The van der Waals surface area contributed by atoms with Gasteiger partial charge in [-0.05, 0) is 17.2 Å². The predicted octanol–water partition coefficient (Wildman–Crippen LogP) is 4.84. The van der Waals surface area contributed by atoms with E-state index in [2.05, 4.69) is 0 Å². The number of halogens is 4. The number of benzene rings is 2. The number of hydrogen-bond donors (Lipinski definition) is 0. The van der Waals surface area contributed by atoms with Crippen molar-refractivity contribution < 1.29 is 23.0 Å². The number of rotatable bonds is 3. The van der Waals surface area contributed by atoms with Gasteiger partial charge in [-0.3, -0.25) is 20.2 Å². The number of nitro benzene ring substituents is 2. The molecule has 0 fully saturated rings. The molecule has 0 N–H and O–H groups in total. The fraction of sp³-hybridized carbons (Fsp3) is 0.0769. The first-order valence-corrected chi connectivity index (χ1v) is 6.29. The smallest absolute Gasteiger partial charge is 0.258 e. The van der Waals surface area contributed by atoms with Gasteiger partial charge in [0.05, 0.1) is 15.4 Å². The fourth-order valence-corrected chi connectivity index (χ4v) is 2.24. The molecule has 0 heterocycles. The molecular weight excluding hydrogens is 341 g/mol. The topological polar surface area (TPSA) is 86.3 Å². The number of alkyl halides is 3. The van der Waals surface area contributed by atoms with Crippen LogP contribution in [0.1, 0.15) is 5.56 Å². The van der Waals surface area contributed by atoms with Crippen molar-refractivity contribution in [3.63, 3.8) is 0 Å². The van der Waals surface area contributed by atoms with Crippen molar-refractivity contribution in [2.24, 2.45) is 0 Å². The maximum Gasteiger partial charge on any atom is 0.417 e. The lowest BCUT2D eigenvalue weighted by atomic mass is 9.98. The Labute approximate surface area is 131 Å². The first-order valence-electron chi connectivity index (χ1n) is 5.92. The Morgan fingerprint density at radius 2 is 1.43 bits per heavy atom. The first kappa shape index (κ1) is 16.7. The fourth-order valence-electron chi connectivity index (χ4n) is 2.00. The Kier molecular flexibility index (Phi) is 4.24. The van der Waals surface area contributed by atoms with Crippen LogP contribution in [-0.4, -0.2) is 9.85 Å². The molecule has 23 heavy (non-hydrogen) atoms. The van der Waals surface area contributed by atoms with Crippen LogP contribution >= 0.6 is 11.6 Å². The molecule has 0 unspecified atom stereocenters. The van der Waals surface area contributed by atoms with Crippen LogP contribution in [0.15, 0.2) is 36.4 Å². The van der Waals surface area contributed by atoms with Crippen molar-refractivity contribution in [2.75, 3.05) is 0 Å². The molecule has 0 aliphatic carbocycles. The van der Waals surface area contributed by atoms with Crippen LogP contribution in [0, 0.1) is 20.2 Å². The summed E-state index contributed by atoms with van der Waals surface area (Å²) in [5.41, 5.74) is -3.48. The molecule has 6 nitrogen and oxygen atoms in total. The average Bonchev–Trinajstić information content (AvgIpc) is 2.46. The van der Waals surface area contributed by atoms with Gasteiger partial charge in [0.15, 0.2) is 5.02 Å². The Balaban J connectivity index is 2.80. The minimum atomic E-state index is -4.72. The minimum absolute atomic E-state index is 0.319. The second-order valence-corrected chi connectivity index (χ2v) is 4.76. The van der Waals surface area contributed by atoms with Crippen LogP contribution in [0.3, 0.4) is 0 Å². The van der Waals surface area contributed by atoms with Gasteiger partial charge in [-0.2, -0.15) is 13.2 Å². The molecule has 0 amide bonds. The van der Waals surface area contributed by atoms with Crippen molar-refractivity contribution in [2.45, 2.75) is 6.18 Å². The van der Waals surface area contributed by atoms with E-state index in [1.807, 2.05) is 0 Å². The van der Waals surface area contributed by atoms with Crippen LogP contribution in [0.5, 0.6) is 0 Å². The first-order chi connectivity index (χ1) is 10.6. The molecule has 2 aromatic carbocycles. The van der Waals surface area contributed by atoms with Crippen molar-refractivity contribution in [1.29, 1.82) is 0 Å². The van der Waals surface area contributed by atoms with Crippen molar-refractivity contribution in [3.8, 4) is 11.1 Å². The van der Waals surface area contributed by atoms with Crippen LogP contribution in [0.2, 0.25) is 5.02 Å². The predicted molar refractivity (Wildman–Crippen MR) is 75.2 cm³/mol. The van der Waals surface area contributed by atoms with E-state index in [0.29, 0.717) is 0 Å². The highest BCUT2D eigenvalue weighted by atomic mass is 35.5. The van der Waals surface area contributed by atoms with Gasteiger partial charge >= 0.3 is 6.18 Å². The van der Waals surface area contributed by atoms with E-state index in [1.54, 1.807) is 0 Å². The molecule has 120 valence electrons. The van der Waals surface area contributed by atoms with Gasteiger partial charge < -0.3 is 0 Å². The van der Waals surface area contributed by atoms with E-state index in [4.69, 9.17) is 11.6 Å². The summed E-state index contributed by atoms with van der Waals surface area (Å²) in [6.07, 6.45) is -4.72. The lowest BCUT2D eigenvalue weighted by Crippen LogP contribution is -2.07. The van der Waals surface area contributed by atoms with Crippen molar-refractivity contribution >= 4 is 23.0 Å². The van der Waals surface area contributed by atoms with E-state index < -0.39 is 43.5 Å². The zero-order valence-corrected chi connectivity index (χ0v) is 11.8. The lowest BCUT2D eigenvalue weighted by Gasteiger charge is -2.13. The zero-order valence-electron chi connectivity index (χ0n) is 11.0. The Bertz CT molecular complexity index is 773. The molecule has 10 heteroatoms. The summed E-state index contributed by atoms with van der Waals surface area (Å²) in [5, 5.41) is 21.1. The Morgan fingerprint density at radius 1 is 0.957 bits per heavy atom. The third kappa shape index (κ3) is 3.24. The summed E-state index contributed by atoms with van der Waals surface area (Å²) in [5.74, 6) is 0. The average molecular weight is 347 g/mol. The van der Waals surface area contributed by atoms with Gasteiger partial charge in [0.2, 0.25) is 0 Å². The molecule has 0 bridgehead atoms. The van der Waals surface area contributed by atoms with Crippen molar-refractivity contribution in [1.82, 2.24) is 0 Å². The second kappa shape index (κ2) is 5.84. The SMILES string of the molecule is O=[N+]([O-])c1cc(-c2ccccc2C(F)(F)F)cc([N+](=O)[O-])c1Cl. The van der Waals surface area contributed by atoms with Gasteiger partial charge in [0.25, 0.3) is 11.4 Å². The van der Waals surface area contributed by atoms with Crippen LogP contribution in [0.4, 0.5) is 24.5 Å². The highest BCUT2D eigenvalue weighted by Crippen LogP contribution is 2.42. The number of nitrogens with zero attached hydrogens (tertiary/aromatic N) is 2. The van der Waals surface area contributed by atoms with E-state index >= 15 is 0 Å². The lowest BCUT2D eigenvalue weighted by molar-refractivity contribution is -0.393. The number of hydrogen-bond acceptors (Lipinski definition) is 4. The highest BCUT2D eigenvalue weighted by Gasteiger charge is 2.34. The molecule has 0 saturated heterocycles. The molecule has 2 aromatic rings. The second-order valence-electron chi connectivity index (χ2n) is 4.39. The van der Waals surface area contributed by atoms with Gasteiger partial charge in [-0.25, -0.2) is 0 Å². The zero-order chi connectivity index (χ0) is 17.4. The summed E-state index contributed by atoms with van der Waals surface area (Å²) in [6, 6.07) is 5.84. The highest BCUT2D eigenvalue weighted by molar-refractivity contribution is 6.34. The largest absolute Gasteiger partial charge is 0.417 e. The van der Waals surface area contributed by atoms with E-state index in [1.165, 1.54) is 6.07 Å². The Morgan fingerprint density at radius 3 is 1.87 bits per heavy atom. The van der Waals surface area contributed by atoms with Crippen LogP contribution < -0.4 is 0 Å². The molecular formula is C13H6ClF3N2O4. The summed E-state index contributed by atoms with van der Waals surface area (Å²) < 4.78 is 39.1. The summed E-state index contributed by atoms with van der Waals surface area (Å²) >= 11 is 5.58. The monoisotopic (exact) mass is 346 g/mol. The minimum Gasteiger partial charge on any atom is -0.258 e. The summed E-state index contributed by atoms with van der Waals surface area (Å²) in [6.45, 7) is 0. The van der Waals surface area contributed by atoms with Gasteiger partial charge in [0, 0.05) is 12.1 Å². The van der Waals surface area contributed by atoms with Gasteiger partial charge in [-0.15, -0.1) is 0 Å². The molecule has 0 spiro atoms. The van der Waals surface area contributed by atoms with Crippen LogP contribution in [-0.2, 0) is 6.18 Å².